The second kappa shape index (κ2) is 8.38. The second-order valence-corrected chi connectivity index (χ2v) is 7.49. The van der Waals surface area contributed by atoms with Crippen LogP contribution in [0.5, 0.6) is 0 Å². The highest BCUT2D eigenvalue weighted by atomic mass is 16.1. The molecule has 1 aromatic carbocycles. The Morgan fingerprint density at radius 1 is 1.18 bits per heavy atom. The number of rotatable bonds is 8. The van der Waals surface area contributed by atoms with Crippen molar-refractivity contribution in [1.29, 1.82) is 0 Å². The number of nitrogens with two attached hydrogens (primary N) is 1. The van der Waals surface area contributed by atoms with E-state index in [1.807, 2.05) is 50.2 Å². The van der Waals surface area contributed by atoms with Gasteiger partial charge in [0.1, 0.15) is 0 Å². The average Bonchev–Trinajstić information content (AvgIpc) is 2.94. The Hall–Kier alpha value is -2.95. The van der Waals surface area contributed by atoms with E-state index in [1.54, 1.807) is 6.20 Å². The van der Waals surface area contributed by atoms with E-state index in [0.29, 0.717) is 6.54 Å². The Morgan fingerprint density at radius 3 is 2.57 bits per heavy atom. The topological polar surface area (TPSA) is 78.0 Å². The van der Waals surface area contributed by atoms with Gasteiger partial charge in [0, 0.05) is 34.3 Å². The monoisotopic (exact) mass is 377 g/mol. The number of benzene rings is 1. The minimum absolute atomic E-state index is 0.0881. The third kappa shape index (κ3) is 3.98. The molecule has 0 aliphatic heterocycles. The van der Waals surface area contributed by atoms with E-state index in [4.69, 9.17) is 5.73 Å². The predicted octanol–water partition coefficient (Wildman–Crippen LogP) is 3.90. The standard InChI is InChI=1S/C23H27N3O2/c1-4-7-19-22(23(28)15(2)3)18-10-9-16(13-21(24)27)12-20(18)26(19)14-17-8-5-6-11-25-17/h5-6,8-12,15H,4,7,13-14H2,1-3H3,(H2,24,27). The van der Waals surface area contributed by atoms with Gasteiger partial charge in [-0.05, 0) is 30.2 Å². The Kier molecular flexibility index (Phi) is 5.93. The molecule has 2 heterocycles. The normalized spacial score (nSPS) is 11.3. The molecule has 3 rings (SSSR count). The molecule has 1 amide bonds. The molecule has 28 heavy (non-hydrogen) atoms. The highest BCUT2D eigenvalue weighted by Crippen LogP contribution is 2.31. The maximum absolute atomic E-state index is 13.1. The van der Waals surface area contributed by atoms with Crippen LogP contribution in [0.4, 0.5) is 0 Å². The van der Waals surface area contributed by atoms with Crippen molar-refractivity contribution in [3.63, 3.8) is 0 Å². The lowest BCUT2D eigenvalue weighted by Gasteiger charge is -2.12. The maximum Gasteiger partial charge on any atom is 0.221 e. The zero-order chi connectivity index (χ0) is 20.3. The Morgan fingerprint density at radius 2 is 1.96 bits per heavy atom. The van der Waals surface area contributed by atoms with Crippen LogP contribution < -0.4 is 5.73 Å². The molecule has 5 heteroatoms. The smallest absolute Gasteiger partial charge is 0.221 e. The summed E-state index contributed by atoms with van der Waals surface area (Å²) in [5, 5.41) is 0.936. The van der Waals surface area contributed by atoms with E-state index >= 15 is 0 Å². The lowest BCUT2D eigenvalue weighted by Crippen LogP contribution is -2.13. The van der Waals surface area contributed by atoms with Crippen LogP contribution in [-0.2, 0) is 24.2 Å². The summed E-state index contributed by atoms with van der Waals surface area (Å²) in [5.41, 5.74) is 9.97. The molecule has 0 unspecified atom stereocenters. The van der Waals surface area contributed by atoms with E-state index in [9.17, 15) is 9.59 Å². The van der Waals surface area contributed by atoms with E-state index in [1.165, 1.54) is 0 Å². The van der Waals surface area contributed by atoms with Gasteiger partial charge in [0.2, 0.25) is 5.91 Å². The van der Waals surface area contributed by atoms with E-state index in [0.717, 1.165) is 46.3 Å². The number of Topliss-reactive ketones (excluding diaryl/α,β-unsaturated/α-hetero) is 1. The first-order valence-electron chi connectivity index (χ1n) is 9.78. The van der Waals surface area contributed by atoms with Crippen LogP contribution in [0.1, 0.15) is 54.5 Å². The molecule has 0 atom stereocenters. The summed E-state index contributed by atoms with van der Waals surface area (Å²) in [7, 11) is 0. The Labute approximate surface area is 165 Å². The van der Waals surface area contributed by atoms with Crippen molar-refractivity contribution in [3.05, 3.63) is 65.1 Å². The number of pyridine rings is 1. The first-order chi connectivity index (χ1) is 13.4. The zero-order valence-electron chi connectivity index (χ0n) is 16.7. The van der Waals surface area contributed by atoms with Crippen LogP contribution in [0.15, 0.2) is 42.6 Å². The number of hydrogen-bond donors (Lipinski definition) is 1. The molecule has 0 bridgehead atoms. The summed E-state index contributed by atoms with van der Waals surface area (Å²) >= 11 is 0. The van der Waals surface area contributed by atoms with Gasteiger partial charge in [-0.1, -0.05) is 45.4 Å². The summed E-state index contributed by atoms with van der Waals surface area (Å²) in [4.78, 5) is 28.9. The number of primary amides is 1. The van der Waals surface area contributed by atoms with Crippen molar-refractivity contribution in [2.45, 2.75) is 46.6 Å². The van der Waals surface area contributed by atoms with Crippen molar-refractivity contribution in [1.82, 2.24) is 9.55 Å². The van der Waals surface area contributed by atoms with Crippen LogP contribution in [0.3, 0.4) is 0 Å². The Balaban J connectivity index is 2.26. The first-order valence-corrected chi connectivity index (χ1v) is 9.78. The summed E-state index contributed by atoms with van der Waals surface area (Å²) in [6.07, 6.45) is 3.70. The highest BCUT2D eigenvalue weighted by Gasteiger charge is 2.24. The van der Waals surface area contributed by atoms with E-state index < -0.39 is 0 Å². The zero-order valence-corrected chi connectivity index (χ0v) is 16.7. The van der Waals surface area contributed by atoms with Crippen molar-refractivity contribution < 1.29 is 9.59 Å². The van der Waals surface area contributed by atoms with Crippen molar-refractivity contribution in [2.24, 2.45) is 11.7 Å². The van der Waals surface area contributed by atoms with Gasteiger partial charge in [-0.3, -0.25) is 14.6 Å². The van der Waals surface area contributed by atoms with Gasteiger partial charge in [0.25, 0.3) is 0 Å². The number of nitrogens with zero attached hydrogens (tertiary/aromatic N) is 2. The van der Waals surface area contributed by atoms with Gasteiger partial charge < -0.3 is 10.3 Å². The third-order valence-electron chi connectivity index (χ3n) is 4.92. The lowest BCUT2D eigenvalue weighted by atomic mass is 9.96. The van der Waals surface area contributed by atoms with Gasteiger partial charge in [0.05, 0.1) is 18.7 Å². The summed E-state index contributed by atoms with van der Waals surface area (Å²) in [6.45, 7) is 6.56. The molecule has 0 aliphatic rings. The highest BCUT2D eigenvalue weighted by molar-refractivity contribution is 6.10. The molecule has 2 aromatic heterocycles. The molecule has 0 spiro atoms. The number of ketones is 1. The fourth-order valence-corrected chi connectivity index (χ4v) is 3.65. The third-order valence-corrected chi connectivity index (χ3v) is 4.92. The summed E-state index contributed by atoms with van der Waals surface area (Å²) in [6, 6.07) is 11.7. The van der Waals surface area contributed by atoms with E-state index in [-0.39, 0.29) is 24.0 Å². The van der Waals surface area contributed by atoms with Crippen molar-refractivity contribution >= 4 is 22.6 Å². The van der Waals surface area contributed by atoms with Crippen LogP contribution in [-0.4, -0.2) is 21.2 Å². The molecule has 3 aromatic rings. The molecule has 2 N–H and O–H groups in total. The first kappa shape index (κ1) is 19.8. The number of carbonyl (C=O) groups is 2. The van der Waals surface area contributed by atoms with Crippen LogP contribution in [0, 0.1) is 5.92 Å². The number of fused-ring (bicyclic) bond motifs is 1. The molecule has 0 saturated carbocycles. The molecule has 0 radical (unpaired) electrons. The van der Waals surface area contributed by atoms with Gasteiger partial charge in [-0.15, -0.1) is 0 Å². The molecular formula is C23H27N3O2. The average molecular weight is 377 g/mol. The molecule has 0 aliphatic carbocycles. The van der Waals surface area contributed by atoms with Crippen molar-refractivity contribution in [3.8, 4) is 0 Å². The largest absolute Gasteiger partial charge is 0.369 e. The van der Waals surface area contributed by atoms with Gasteiger partial charge in [-0.2, -0.15) is 0 Å². The fraction of sp³-hybridized carbons (Fsp3) is 0.348. The second-order valence-electron chi connectivity index (χ2n) is 7.49. The number of carbonyl (C=O) groups excluding carboxylic acids is 2. The maximum atomic E-state index is 13.1. The minimum atomic E-state index is -0.366. The lowest BCUT2D eigenvalue weighted by molar-refractivity contribution is -0.117. The molecular weight excluding hydrogens is 350 g/mol. The number of aromatic nitrogens is 2. The van der Waals surface area contributed by atoms with Crippen LogP contribution in [0.2, 0.25) is 0 Å². The SMILES string of the molecule is CCCc1c(C(=O)C(C)C)c2ccc(CC(N)=O)cc2n1Cc1ccccn1. The summed E-state index contributed by atoms with van der Waals surface area (Å²) < 4.78 is 2.18. The van der Waals surface area contributed by atoms with Gasteiger partial charge >= 0.3 is 0 Å². The van der Waals surface area contributed by atoms with Crippen LogP contribution >= 0.6 is 0 Å². The molecule has 5 nitrogen and oxygen atoms in total. The molecule has 0 fully saturated rings. The molecule has 146 valence electrons. The van der Waals surface area contributed by atoms with Crippen molar-refractivity contribution in [2.75, 3.05) is 0 Å². The number of hydrogen-bond acceptors (Lipinski definition) is 3. The minimum Gasteiger partial charge on any atom is -0.369 e. The van der Waals surface area contributed by atoms with Gasteiger partial charge in [0.15, 0.2) is 5.78 Å². The number of amides is 1. The molecule has 0 saturated heterocycles. The van der Waals surface area contributed by atoms with Gasteiger partial charge in [-0.25, -0.2) is 0 Å². The fourth-order valence-electron chi connectivity index (χ4n) is 3.65. The Bertz CT molecular complexity index is 1000. The summed E-state index contributed by atoms with van der Waals surface area (Å²) in [5.74, 6) is -0.305. The quantitative estimate of drug-likeness (QED) is 0.605. The predicted molar refractivity (Wildman–Crippen MR) is 111 cm³/mol. The van der Waals surface area contributed by atoms with E-state index in [2.05, 4.69) is 16.5 Å². The van der Waals surface area contributed by atoms with Crippen LogP contribution in [0.25, 0.3) is 10.9 Å².